The number of nitrogens with one attached hydrogen (secondary N) is 1. The highest BCUT2D eigenvalue weighted by atomic mass is 16.5. The van der Waals surface area contributed by atoms with E-state index in [2.05, 4.69) is 38.0 Å². The van der Waals surface area contributed by atoms with E-state index in [1.54, 1.807) is 13.3 Å². The molecule has 1 amide bonds. The molecule has 2 rings (SSSR count). The molecule has 29 heavy (non-hydrogen) atoms. The van der Waals surface area contributed by atoms with E-state index in [-0.39, 0.29) is 5.91 Å². The van der Waals surface area contributed by atoms with Crippen molar-refractivity contribution < 1.29 is 9.53 Å². The molecule has 2 aromatic rings. The summed E-state index contributed by atoms with van der Waals surface area (Å²) in [5.74, 6) is 1.24. The average Bonchev–Trinajstić information content (AvgIpc) is 2.66. The van der Waals surface area contributed by atoms with Crippen LogP contribution in [-0.4, -0.2) is 54.1 Å². The molecular formula is C23H34N4O2. The van der Waals surface area contributed by atoms with Gasteiger partial charge in [-0.25, -0.2) is 9.97 Å². The first kappa shape index (κ1) is 22.8. The Kier molecular flexibility index (Phi) is 8.58. The van der Waals surface area contributed by atoms with Crippen LogP contribution in [0.3, 0.4) is 0 Å². The Bertz CT molecular complexity index is 795. The number of carbonyl (C=O) groups is 1. The van der Waals surface area contributed by atoms with Crippen molar-refractivity contribution in [2.75, 3.05) is 38.7 Å². The number of methoxy groups -OCH3 is 1. The summed E-state index contributed by atoms with van der Waals surface area (Å²) in [7, 11) is 1.65. The second-order valence-corrected chi connectivity index (χ2v) is 8.24. The maximum Gasteiger partial charge on any atom is 0.257 e. The molecular weight excluding hydrogens is 364 g/mol. The fraction of sp³-hybridized carbons (Fsp3) is 0.522. The summed E-state index contributed by atoms with van der Waals surface area (Å²) in [6.07, 6.45) is 1.65. The van der Waals surface area contributed by atoms with Gasteiger partial charge in [0.15, 0.2) is 0 Å². The van der Waals surface area contributed by atoms with Crippen molar-refractivity contribution in [3.05, 3.63) is 41.6 Å². The summed E-state index contributed by atoms with van der Waals surface area (Å²) in [5.41, 5.74) is 3.23. The first-order valence-electron chi connectivity index (χ1n) is 10.3. The smallest absolute Gasteiger partial charge is 0.257 e. The van der Waals surface area contributed by atoms with Crippen LogP contribution < -0.4 is 5.32 Å². The van der Waals surface area contributed by atoms with Crippen molar-refractivity contribution in [3.8, 4) is 11.3 Å². The maximum atomic E-state index is 13.5. The van der Waals surface area contributed by atoms with Gasteiger partial charge in [-0.15, -0.1) is 0 Å². The molecule has 158 valence electrons. The zero-order valence-electron chi connectivity index (χ0n) is 18.5. The van der Waals surface area contributed by atoms with Gasteiger partial charge in [-0.2, -0.15) is 0 Å². The van der Waals surface area contributed by atoms with Crippen LogP contribution in [0, 0.1) is 18.8 Å². The highest BCUT2D eigenvalue weighted by Crippen LogP contribution is 2.25. The minimum atomic E-state index is -0.0210. The lowest BCUT2D eigenvalue weighted by Gasteiger charge is -2.27. The van der Waals surface area contributed by atoms with Crippen LogP contribution in [0.25, 0.3) is 11.3 Å². The van der Waals surface area contributed by atoms with Crippen LogP contribution in [0.5, 0.6) is 0 Å². The molecule has 0 fully saturated rings. The highest BCUT2D eigenvalue weighted by molar-refractivity contribution is 5.99. The summed E-state index contributed by atoms with van der Waals surface area (Å²) in [6, 6.07) is 8.06. The monoisotopic (exact) mass is 398 g/mol. The zero-order valence-corrected chi connectivity index (χ0v) is 18.5. The van der Waals surface area contributed by atoms with Crippen molar-refractivity contribution in [3.63, 3.8) is 0 Å². The summed E-state index contributed by atoms with van der Waals surface area (Å²) in [5, 5.41) is 3.16. The third-order valence-electron chi connectivity index (χ3n) is 4.36. The molecule has 0 saturated carbocycles. The summed E-state index contributed by atoms with van der Waals surface area (Å²) >= 11 is 0. The SMILES string of the molecule is COCCNc1ncc(C(=O)N(CC(C)C)CC(C)C)c(-c2cccc(C)c2)n1. The molecule has 0 spiro atoms. The van der Waals surface area contributed by atoms with E-state index >= 15 is 0 Å². The fourth-order valence-electron chi connectivity index (χ4n) is 3.19. The number of carbonyl (C=O) groups excluding carboxylic acids is 1. The van der Waals surface area contributed by atoms with Crippen molar-refractivity contribution in [2.45, 2.75) is 34.6 Å². The van der Waals surface area contributed by atoms with Gasteiger partial charge in [0, 0.05) is 38.5 Å². The van der Waals surface area contributed by atoms with Crippen LogP contribution in [0.15, 0.2) is 30.5 Å². The van der Waals surface area contributed by atoms with Crippen LogP contribution in [-0.2, 0) is 4.74 Å². The lowest BCUT2D eigenvalue weighted by atomic mass is 10.0. The number of nitrogens with zero attached hydrogens (tertiary/aromatic N) is 3. The van der Waals surface area contributed by atoms with Crippen molar-refractivity contribution in [1.82, 2.24) is 14.9 Å². The van der Waals surface area contributed by atoms with Gasteiger partial charge in [-0.05, 0) is 24.8 Å². The lowest BCUT2D eigenvalue weighted by molar-refractivity contribution is 0.0715. The van der Waals surface area contributed by atoms with E-state index < -0.39 is 0 Å². The maximum absolute atomic E-state index is 13.5. The van der Waals surface area contributed by atoms with Crippen LogP contribution >= 0.6 is 0 Å². The summed E-state index contributed by atoms with van der Waals surface area (Å²) in [6.45, 7) is 13.1. The predicted octanol–water partition coefficient (Wildman–Crippen LogP) is 4.26. The number of rotatable bonds is 10. The van der Waals surface area contributed by atoms with Crippen molar-refractivity contribution >= 4 is 11.9 Å². The Hall–Kier alpha value is -2.47. The Labute approximate surface area is 174 Å². The largest absolute Gasteiger partial charge is 0.383 e. The van der Waals surface area contributed by atoms with Crippen LogP contribution in [0.2, 0.25) is 0 Å². The van der Waals surface area contributed by atoms with Gasteiger partial charge < -0.3 is 15.0 Å². The van der Waals surface area contributed by atoms with Crippen molar-refractivity contribution in [2.24, 2.45) is 11.8 Å². The Balaban J connectivity index is 2.46. The molecule has 0 radical (unpaired) electrons. The molecule has 1 heterocycles. The van der Waals surface area contributed by atoms with E-state index in [1.807, 2.05) is 36.1 Å². The zero-order chi connectivity index (χ0) is 21.4. The quantitative estimate of drug-likeness (QED) is 0.606. The first-order valence-corrected chi connectivity index (χ1v) is 10.3. The molecule has 1 aromatic carbocycles. The van der Waals surface area contributed by atoms with E-state index in [4.69, 9.17) is 9.72 Å². The van der Waals surface area contributed by atoms with Crippen LogP contribution in [0.1, 0.15) is 43.6 Å². The Morgan fingerprint density at radius 2 is 1.86 bits per heavy atom. The number of aromatic nitrogens is 2. The minimum absolute atomic E-state index is 0.0210. The number of anilines is 1. The third kappa shape index (κ3) is 6.82. The second-order valence-electron chi connectivity index (χ2n) is 8.24. The Morgan fingerprint density at radius 1 is 1.17 bits per heavy atom. The fourth-order valence-corrected chi connectivity index (χ4v) is 3.19. The van der Waals surface area contributed by atoms with E-state index in [1.165, 1.54) is 0 Å². The van der Waals surface area contributed by atoms with E-state index in [0.717, 1.165) is 11.1 Å². The lowest BCUT2D eigenvalue weighted by Crippen LogP contribution is -2.37. The molecule has 6 heteroatoms. The Morgan fingerprint density at radius 3 is 2.45 bits per heavy atom. The molecule has 0 unspecified atom stereocenters. The number of amides is 1. The van der Waals surface area contributed by atoms with E-state index in [0.29, 0.717) is 55.3 Å². The second kappa shape index (κ2) is 10.9. The molecule has 1 aromatic heterocycles. The van der Waals surface area contributed by atoms with Gasteiger partial charge >= 0.3 is 0 Å². The number of benzene rings is 1. The first-order chi connectivity index (χ1) is 13.8. The number of ether oxygens (including phenoxy) is 1. The standard InChI is InChI=1S/C23H34N4O2/c1-16(2)14-27(15-17(3)4)22(28)20-13-25-23(24-10-11-29-6)26-21(20)19-9-7-8-18(5)12-19/h7-9,12-13,16-17H,10-11,14-15H2,1-6H3,(H,24,25,26). The van der Waals surface area contributed by atoms with Gasteiger partial charge in [-0.1, -0.05) is 51.5 Å². The normalized spacial score (nSPS) is 11.2. The number of hydrogen-bond acceptors (Lipinski definition) is 5. The van der Waals surface area contributed by atoms with Crippen LogP contribution in [0.4, 0.5) is 5.95 Å². The molecule has 0 aliphatic carbocycles. The average molecular weight is 399 g/mol. The van der Waals surface area contributed by atoms with Gasteiger partial charge in [0.25, 0.3) is 5.91 Å². The topological polar surface area (TPSA) is 67.3 Å². The minimum Gasteiger partial charge on any atom is -0.383 e. The molecule has 0 atom stereocenters. The highest BCUT2D eigenvalue weighted by Gasteiger charge is 2.23. The number of hydrogen-bond donors (Lipinski definition) is 1. The van der Waals surface area contributed by atoms with Crippen molar-refractivity contribution in [1.29, 1.82) is 0 Å². The van der Waals surface area contributed by atoms with Gasteiger partial charge in [0.2, 0.25) is 5.95 Å². The van der Waals surface area contributed by atoms with E-state index in [9.17, 15) is 4.79 Å². The van der Waals surface area contributed by atoms with Gasteiger partial charge in [0.05, 0.1) is 17.9 Å². The molecule has 0 bridgehead atoms. The predicted molar refractivity (Wildman–Crippen MR) is 118 cm³/mol. The molecule has 1 N–H and O–H groups in total. The van der Waals surface area contributed by atoms with Gasteiger partial charge in [-0.3, -0.25) is 4.79 Å². The summed E-state index contributed by atoms with van der Waals surface area (Å²) in [4.78, 5) is 24.5. The molecule has 0 aliphatic rings. The third-order valence-corrected chi connectivity index (χ3v) is 4.36. The summed E-state index contributed by atoms with van der Waals surface area (Å²) < 4.78 is 5.08. The molecule has 0 saturated heterocycles. The molecule has 0 aliphatic heterocycles. The molecule has 6 nitrogen and oxygen atoms in total. The van der Waals surface area contributed by atoms with Gasteiger partial charge in [0.1, 0.15) is 0 Å². The number of aryl methyl sites for hydroxylation is 1.